The highest BCUT2D eigenvalue weighted by Gasteiger charge is 2.18. The number of aromatic nitrogens is 3. The van der Waals surface area contributed by atoms with Crippen LogP contribution in [0.15, 0.2) is 72.1 Å². The molecule has 2 aromatic carbocycles. The molecule has 0 saturated heterocycles. The van der Waals surface area contributed by atoms with Crippen LogP contribution in [0.25, 0.3) is 22.0 Å². The van der Waals surface area contributed by atoms with Crippen LogP contribution in [0.1, 0.15) is 11.3 Å². The van der Waals surface area contributed by atoms with Gasteiger partial charge in [0.05, 0.1) is 22.0 Å². The molecule has 0 aliphatic heterocycles. The fourth-order valence-electron chi connectivity index (χ4n) is 3.11. The Kier molecular flexibility index (Phi) is 4.52. The monoisotopic (exact) mass is 391 g/mol. The van der Waals surface area contributed by atoms with Crippen LogP contribution in [-0.4, -0.2) is 28.5 Å². The molecule has 0 spiro atoms. The van der Waals surface area contributed by atoms with Crippen LogP contribution < -0.4 is 0 Å². The number of aryl methyl sites for hydroxylation is 1. The molecule has 1 N–H and O–H groups in total. The second-order valence-corrected chi connectivity index (χ2v) is 8.49. The smallest absolute Gasteiger partial charge is 0.184 e. The van der Waals surface area contributed by atoms with Crippen LogP contribution >= 0.6 is 0 Å². The molecule has 28 heavy (non-hydrogen) atoms. The lowest BCUT2D eigenvalue weighted by Gasteiger charge is -2.11. The summed E-state index contributed by atoms with van der Waals surface area (Å²) in [6.45, 7) is 1.94. The zero-order valence-electron chi connectivity index (χ0n) is 15.1. The normalized spacial score (nSPS) is 11.6. The number of aromatic hydroxyl groups is 1. The van der Waals surface area contributed by atoms with Crippen molar-refractivity contribution in [3.8, 4) is 17.0 Å². The summed E-state index contributed by atoms with van der Waals surface area (Å²) in [5, 5.41) is 11.4. The molecule has 2 heterocycles. The zero-order valence-corrected chi connectivity index (χ0v) is 15.9. The highest BCUT2D eigenvalue weighted by Crippen LogP contribution is 2.32. The van der Waals surface area contributed by atoms with Crippen molar-refractivity contribution < 1.29 is 13.5 Å². The summed E-state index contributed by atoms with van der Waals surface area (Å²) in [5.41, 5.74) is 2.92. The topological polar surface area (TPSA) is 93.0 Å². The molecule has 0 unspecified atom stereocenters. The maximum atomic E-state index is 12.8. The van der Waals surface area contributed by atoms with Gasteiger partial charge in [-0.15, -0.1) is 0 Å². The molecule has 140 valence electrons. The van der Waals surface area contributed by atoms with Crippen LogP contribution in [0.4, 0.5) is 0 Å². The molecule has 0 fully saturated rings. The molecule has 0 radical (unpaired) electrons. The van der Waals surface area contributed by atoms with Crippen molar-refractivity contribution in [2.75, 3.05) is 0 Å². The lowest BCUT2D eigenvalue weighted by atomic mass is 10.00. The van der Waals surface area contributed by atoms with E-state index in [2.05, 4.69) is 15.0 Å². The van der Waals surface area contributed by atoms with Gasteiger partial charge in [0.2, 0.25) is 0 Å². The largest absolute Gasteiger partial charge is 0.508 e. The van der Waals surface area contributed by atoms with Crippen molar-refractivity contribution >= 4 is 20.6 Å². The Morgan fingerprint density at radius 1 is 0.964 bits per heavy atom. The van der Waals surface area contributed by atoms with E-state index in [1.807, 2.05) is 13.0 Å². The Balaban J connectivity index is 1.80. The summed E-state index contributed by atoms with van der Waals surface area (Å²) in [6, 6.07) is 13.5. The first-order valence-electron chi connectivity index (χ1n) is 8.60. The van der Waals surface area contributed by atoms with Crippen LogP contribution in [0.2, 0.25) is 0 Å². The summed E-state index contributed by atoms with van der Waals surface area (Å²) in [7, 11) is -3.55. The number of sulfone groups is 1. The number of hydrogen-bond acceptors (Lipinski definition) is 6. The molecular weight excluding hydrogens is 374 g/mol. The molecule has 4 rings (SSSR count). The van der Waals surface area contributed by atoms with Crippen molar-refractivity contribution in [3.05, 3.63) is 78.5 Å². The number of pyridine rings is 1. The van der Waals surface area contributed by atoms with Crippen molar-refractivity contribution in [2.45, 2.75) is 17.6 Å². The van der Waals surface area contributed by atoms with Gasteiger partial charge in [-0.1, -0.05) is 12.1 Å². The lowest BCUT2D eigenvalue weighted by Crippen LogP contribution is -2.06. The summed E-state index contributed by atoms with van der Waals surface area (Å²) in [5.74, 6) is -0.0339. The first-order valence-corrected chi connectivity index (χ1v) is 10.3. The minimum absolute atomic E-state index is 0.156. The number of rotatable bonds is 4. The maximum Gasteiger partial charge on any atom is 0.184 e. The molecule has 6 nitrogen and oxygen atoms in total. The molecule has 0 saturated carbocycles. The molecule has 4 aromatic rings. The van der Waals surface area contributed by atoms with Gasteiger partial charge in [0, 0.05) is 23.3 Å². The minimum Gasteiger partial charge on any atom is -0.508 e. The molecule has 7 heteroatoms. The minimum atomic E-state index is -3.55. The van der Waals surface area contributed by atoms with E-state index in [-0.39, 0.29) is 16.4 Å². The van der Waals surface area contributed by atoms with Gasteiger partial charge in [-0.2, -0.15) is 0 Å². The number of hydrogen-bond donors (Lipinski definition) is 1. The van der Waals surface area contributed by atoms with Gasteiger partial charge in [0.1, 0.15) is 12.1 Å². The summed E-state index contributed by atoms with van der Waals surface area (Å²) in [6.07, 6.45) is 4.50. The number of nitrogens with zero attached hydrogens (tertiary/aromatic N) is 3. The van der Waals surface area contributed by atoms with E-state index in [1.54, 1.807) is 48.7 Å². The first kappa shape index (κ1) is 18.1. The number of phenols is 1. The van der Waals surface area contributed by atoms with Crippen molar-refractivity contribution in [1.82, 2.24) is 15.0 Å². The maximum absolute atomic E-state index is 12.8. The van der Waals surface area contributed by atoms with Crippen LogP contribution in [0.3, 0.4) is 0 Å². The molecule has 2 aromatic heterocycles. The van der Waals surface area contributed by atoms with E-state index in [0.717, 1.165) is 21.9 Å². The van der Waals surface area contributed by atoms with E-state index in [1.165, 1.54) is 12.5 Å². The standard InChI is InChI=1S/C21H17N3O3S/c1-14-2-3-17(25)11-20(14)21-19-5-4-18(10-15(19)6-9-23-21)28(26,27)12-16-7-8-22-13-24-16/h2-11,13,25H,12H2,1H3. The van der Waals surface area contributed by atoms with Crippen molar-refractivity contribution in [3.63, 3.8) is 0 Å². The van der Waals surface area contributed by atoms with Crippen molar-refractivity contribution in [1.29, 1.82) is 0 Å². The zero-order chi connectivity index (χ0) is 19.7. The molecule has 0 aliphatic rings. The van der Waals surface area contributed by atoms with E-state index >= 15 is 0 Å². The molecule has 0 aliphatic carbocycles. The molecule has 0 bridgehead atoms. The van der Waals surface area contributed by atoms with Crippen LogP contribution in [-0.2, 0) is 15.6 Å². The highest BCUT2D eigenvalue weighted by molar-refractivity contribution is 7.90. The van der Waals surface area contributed by atoms with E-state index < -0.39 is 9.84 Å². The fraction of sp³-hybridized carbons (Fsp3) is 0.0952. The Morgan fingerprint density at radius 2 is 1.82 bits per heavy atom. The molecule has 0 atom stereocenters. The van der Waals surface area contributed by atoms with Crippen LogP contribution in [0.5, 0.6) is 5.75 Å². The number of fused-ring (bicyclic) bond motifs is 1. The van der Waals surface area contributed by atoms with Crippen LogP contribution in [0, 0.1) is 6.92 Å². The quantitative estimate of drug-likeness (QED) is 0.570. The summed E-state index contributed by atoms with van der Waals surface area (Å²) >= 11 is 0. The summed E-state index contributed by atoms with van der Waals surface area (Å²) < 4.78 is 25.6. The Labute approximate surface area is 162 Å². The predicted molar refractivity (Wildman–Crippen MR) is 107 cm³/mol. The third kappa shape index (κ3) is 3.44. The average molecular weight is 391 g/mol. The Morgan fingerprint density at radius 3 is 2.61 bits per heavy atom. The number of phenolic OH excluding ortho intramolecular Hbond substituents is 1. The Bertz CT molecular complexity index is 1270. The fourth-order valence-corrected chi connectivity index (χ4v) is 4.42. The van der Waals surface area contributed by atoms with Gasteiger partial charge in [0.25, 0.3) is 0 Å². The second kappa shape index (κ2) is 7.01. The van der Waals surface area contributed by atoms with E-state index in [0.29, 0.717) is 11.4 Å². The van der Waals surface area contributed by atoms with Gasteiger partial charge in [-0.25, -0.2) is 18.4 Å². The van der Waals surface area contributed by atoms with Gasteiger partial charge < -0.3 is 5.11 Å². The number of benzene rings is 2. The SMILES string of the molecule is Cc1ccc(O)cc1-c1nccc2cc(S(=O)(=O)Cc3ccncn3)ccc12. The third-order valence-corrected chi connectivity index (χ3v) is 6.20. The van der Waals surface area contributed by atoms with E-state index in [9.17, 15) is 13.5 Å². The van der Waals surface area contributed by atoms with Crippen molar-refractivity contribution in [2.24, 2.45) is 0 Å². The lowest BCUT2D eigenvalue weighted by molar-refractivity contribution is 0.475. The van der Waals surface area contributed by atoms with Gasteiger partial charge >= 0.3 is 0 Å². The van der Waals surface area contributed by atoms with Gasteiger partial charge in [-0.3, -0.25) is 4.98 Å². The van der Waals surface area contributed by atoms with E-state index in [4.69, 9.17) is 0 Å². The molecular formula is C21H17N3O3S. The van der Waals surface area contributed by atoms with Gasteiger partial charge in [-0.05, 0) is 54.3 Å². The third-order valence-electron chi connectivity index (χ3n) is 4.55. The van der Waals surface area contributed by atoms with Gasteiger partial charge in [0.15, 0.2) is 9.84 Å². The molecule has 0 amide bonds. The second-order valence-electron chi connectivity index (χ2n) is 6.50. The summed E-state index contributed by atoms with van der Waals surface area (Å²) in [4.78, 5) is 12.5. The predicted octanol–water partition coefficient (Wildman–Crippen LogP) is 3.68. The Hall–Kier alpha value is -3.32. The highest BCUT2D eigenvalue weighted by atomic mass is 32.2. The first-order chi connectivity index (χ1) is 13.4. The average Bonchev–Trinajstić information content (AvgIpc) is 2.69.